The summed E-state index contributed by atoms with van der Waals surface area (Å²) in [7, 11) is 0. The van der Waals surface area contributed by atoms with Crippen molar-refractivity contribution in [2.45, 2.75) is 0 Å². The Labute approximate surface area is 101 Å². The van der Waals surface area contributed by atoms with E-state index in [0.717, 1.165) is 6.08 Å². The highest BCUT2D eigenvalue weighted by Gasteiger charge is 2.25. The Bertz CT molecular complexity index is 511. The minimum absolute atomic E-state index is 0.100. The van der Waals surface area contributed by atoms with Crippen molar-refractivity contribution in [3.63, 3.8) is 0 Å². The Morgan fingerprint density at radius 1 is 1.24 bits per heavy atom. The van der Waals surface area contributed by atoms with Gasteiger partial charge in [-0.2, -0.15) is 0 Å². The van der Waals surface area contributed by atoms with Gasteiger partial charge in [-0.05, 0) is 23.9 Å². The van der Waals surface area contributed by atoms with E-state index in [-0.39, 0.29) is 4.91 Å². The Morgan fingerprint density at radius 3 is 2.53 bits per heavy atom. The fraction of sp³-hybridized carbons (Fsp3) is 0. The van der Waals surface area contributed by atoms with E-state index in [9.17, 15) is 14.4 Å². The van der Waals surface area contributed by atoms with E-state index >= 15 is 0 Å². The summed E-state index contributed by atoms with van der Waals surface area (Å²) >= 11 is 0.713. The zero-order valence-corrected chi connectivity index (χ0v) is 9.41. The Hall–Kier alpha value is -2.08. The summed E-state index contributed by atoms with van der Waals surface area (Å²) in [5.74, 6) is -0.980. The summed E-state index contributed by atoms with van der Waals surface area (Å²) in [6, 6.07) is 8.84. The predicted molar refractivity (Wildman–Crippen MR) is 64.3 cm³/mol. The molecule has 1 aliphatic heterocycles. The first-order valence-electron chi connectivity index (χ1n) is 4.76. The molecule has 0 saturated carbocycles. The molecule has 1 aromatic carbocycles. The van der Waals surface area contributed by atoms with Gasteiger partial charge >= 0.3 is 0 Å². The predicted octanol–water partition coefficient (Wildman–Crippen LogP) is 1.49. The molecule has 1 aliphatic rings. The van der Waals surface area contributed by atoms with Gasteiger partial charge < -0.3 is 5.32 Å². The Morgan fingerprint density at radius 2 is 1.94 bits per heavy atom. The lowest BCUT2D eigenvalue weighted by atomic mass is 10.3. The first-order chi connectivity index (χ1) is 8.15. The summed E-state index contributed by atoms with van der Waals surface area (Å²) < 4.78 is 0. The monoisotopic (exact) mass is 248 g/mol. The fourth-order valence-corrected chi connectivity index (χ4v) is 1.89. The van der Waals surface area contributed by atoms with Crippen molar-refractivity contribution < 1.29 is 14.4 Å². The SMILES string of the molecule is O=C(/C=C1\SC(=O)NC1=O)Nc1ccccc1. The van der Waals surface area contributed by atoms with Gasteiger partial charge in [0, 0.05) is 11.8 Å². The molecule has 0 atom stereocenters. The lowest BCUT2D eigenvalue weighted by Crippen LogP contribution is -2.18. The van der Waals surface area contributed by atoms with Crippen molar-refractivity contribution >= 4 is 34.5 Å². The number of thioether (sulfide) groups is 1. The van der Waals surface area contributed by atoms with Gasteiger partial charge in [0.1, 0.15) is 0 Å². The zero-order valence-electron chi connectivity index (χ0n) is 8.60. The van der Waals surface area contributed by atoms with Gasteiger partial charge in [0.2, 0.25) is 5.91 Å². The molecule has 0 aliphatic carbocycles. The number of nitrogens with one attached hydrogen (secondary N) is 2. The van der Waals surface area contributed by atoms with Gasteiger partial charge in [0.05, 0.1) is 4.91 Å². The molecular formula is C11H8N2O3S. The third-order valence-electron chi connectivity index (χ3n) is 1.95. The Balaban J connectivity index is 2.05. The number of para-hydroxylation sites is 1. The van der Waals surface area contributed by atoms with Gasteiger partial charge in [-0.1, -0.05) is 18.2 Å². The average molecular weight is 248 g/mol. The van der Waals surface area contributed by atoms with Crippen LogP contribution in [0.2, 0.25) is 0 Å². The highest BCUT2D eigenvalue weighted by atomic mass is 32.2. The van der Waals surface area contributed by atoms with Gasteiger partial charge in [-0.3, -0.25) is 19.7 Å². The summed E-state index contributed by atoms with van der Waals surface area (Å²) in [5, 5.41) is 4.19. The molecule has 17 heavy (non-hydrogen) atoms. The molecule has 1 fully saturated rings. The summed E-state index contributed by atoms with van der Waals surface area (Å²) in [6.45, 7) is 0. The van der Waals surface area contributed by atoms with Crippen LogP contribution >= 0.6 is 11.8 Å². The number of anilines is 1. The molecule has 1 aromatic rings. The van der Waals surface area contributed by atoms with Crippen LogP contribution in [-0.2, 0) is 9.59 Å². The summed E-state index contributed by atoms with van der Waals surface area (Å²) in [5.41, 5.74) is 0.629. The standard InChI is InChI=1S/C11H8N2O3S/c14-9(12-7-4-2-1-3-5-7)6-8-10(15)13-11(16)17-8/h1-6H,(H,12,14)(H,13,15,16)/b8-6-. The number of hydrogen-bond acceptors (Lipinski definition) is 4. The lowest BCUT2D eigenvalue weighted by molar-refractivity contribution is -0.116. The number of benzene rings is 1. The van der Waals surface area contributed by atoms with E-state index in [2.05, 4.69) is 10.6 Å². The van der Waals surface area contributed by atoms with E-state index in [1.54, 1.807) is 24.3 Å². The topological polar surface area (TPSA) is 75.3 Å². The molecule has 0 aromatic heterocycles. The molecule has 5 nitrogen and oxygen atoms in total. The highest BCUT2D eigenvalue weighted by molar-refractivity contribution is 8.18. The van der Waals surface area contributed by atoms with Crippen LogP contribution in [0.5, 0.6) is 0 Å². The third-order valence-corrected chi connectivity index (χ3v) is 2.76. The van der Waals surface area contributed by atoms with E-state index in [1.165, 1.54) is 0 Å². The molecule has 0 radical (unpaired) electrons. The largest absolute Gasteiger partial charge is 0.322 e. The maximum atomic E-state index is 11.5. The number of carbonyl (C=O) groups is 3. The van der Waals surface area contributed by atoms with Gasteiger partial charge in [-0.15, -0.1) is 0 Å². The molecular weight excluding hydrogens is 240 g/mol. The maximum absolute atomic E-state index is 11.5. The molecule has 0 bridgehead atoms. The normalized spacial score (nSPS) is 17.1. The zero-order chi connectivity index (χ0) is 12.3. The van der Waals surface area contributed by atoms with E-state index in [0.29, 0.717) is 17.4 Å². The number of amides is 3. The van der Waals surface area contributed by atoms with E-state index in [1.807, 2.05) is 6.07 Å². The molecule has 6 heteroatoms. The van der Waals surface area contributed by atoms with Crippen molar-refractivity contribution in [1.82, 2.24) is 5.32 Å². The second kappa shape index (κ2) is 4.84. The van der Waals surface area contributed by atoms with Crippen molar-refractivity contribution in [2.24, 2.45) is 0 Å². The second-order valence-electron chi connectivity index (χ2n) is 3.21. The molecule has 1 heterocycles. The van der Waals surface area contributed by atoms with Crippen LogP contribution in [0.15, 0.2) is 41.3 Å². The summed E-state index contributed by atoms with van der Waals surface area (Å²) in [4.78, 5) is 33.7. The van der Waals surface area contributed by atoms with Crippen LogP contribution < -0.4 is 10.6 Å². The highest BCUT2D eigenvalue weighted by Crippen LogP contribution is 2.22. The van der Waals surface area contributed by atoms with Gasteiger partial charge in [0.15, 0.2) is 0 Å². The average Bonchev–Trinajstić information content (AvgIpc) is 2.58. The van der Waals surface area contributed by atoms with Gasteiger partial charge in [-0.25, -0.2) is 0 Å². The van der Waals surface area contributed by atoms with Crippen LogP contribution in [-0.4, -0.2) is 17.1 Å². The molecule has 2 N–H and O–H groups in total. The number of hydrogen-bond donors (Lipinski definition) is 2. The molecule has 2 rings (SSSR count). The van der Waals surface area contributed by atoms with Crippen molar-refractivity contribution in [3.05, 3.63) is 41.3 Å². The fourth-order valence-electron chi connectivity index (χ4n) is 1.24. The molecule has 1 saturated heterocycles. The van der Waals surface area contributed by atoms with Crippen LogP contribution in [0.3, 0.4) is 0 Å². The Kier molecular flexibility index (Phi) is 3.24. The maximum Gasteiger partial charge on any atom is 0.290 e. The first-order valence-corrected chi connectivity index (χ1v) is 5.58. The molecule has 86 valence electrons. The second-order valence-corrected chi connectivity index (χ2v) is 4.22. The molecule has 0 unspecified atom stereocenters. The van der Waals surface area contributed by atoms with Crippen molar-refractivity contribution in [3.8, 4) is 0 Å². The van der Waals surface area contributed by atoms with E-state index < -0.39 is 17.1 Å². The van der Waals surface area contributed by atoms with Crippen LogP contribution in [0.25, 0.3) is 0 Å². The number of imide groups is 1. The molecule has 3 amide bonds. The lowest BCUT2D eigenvalue weighted by Gasteiger charge is -2.00. The smallest absolute Gasteiger partial charge is 0.290 e. The number of rotatable bonds is 2. The minimum atomic E-state index is -0.539. The van der Waals surface area contributed by atoms with Crippen LogP contribution in [0, 0.1) is 0 Å². The first kappa shape index (κ1) is 11.4. The quantitative estimate of drug-likeness (QED) is 0.777. The van der Waals surface area contributed by atoms with Crippen LogP contribution in [0.1, 0.15) is 0 Å². The number of carbonyl (C=O) groups excluding carboxylic acids is 3. The van der Waals surface area contributed by atoms with Crippen LogP contribution in [0.4, 0.5) is 10.5 Å². The molecule has 0 spiro atoms. The van der Waals surface area contributed by atoms with Crippen molar-refractivity contribution in [2.75, 3.05) is 5.32 Å². The van der Waals surface area contributed by atoms with E-state index in [4.69, 9.17) is 0 Å². The minimum Gasteiger partial charge on any atom is -0.322 e. The third kappa shape index (κ3) is 2.94. The summed E-state index contributed by atoms with van der Waals surface area (Å²) in [6.07, 6.45) is 1.11. The van der Waals surface area contributed by atoms with Crippen molar-refractivity contribution in [1.29, 1.82) is 0 Å². The van der Waals surface area contributed by atoms with Gasteiger partial charge in [0.25, 0.3) is 11.1 Å².